The van der Waals surface area contributed by atoms with Gasteiger partial charge in [-0.2, -0.15) is 0 Å². The van der Waals surface area contributed by atoms with Gasteiger partial charge in [-0.1, -0.05) is 44.4 Å². The SMILES string of the molecule is CCc1ccc2[nH]c(=O)c([C@@H](c3nnnn3Cc3ccc(F)cc3)N3CCN(C4CCCCC4)CC3)cc2c1. The zero-order valence-corrected chi connectivity index (χ0v) is 22.5. The number of nitrogens with zero attached hydrogens (tertiary/aromatic N) is 6. The van der Waals surface area contributed by atoms with E-state index in [1.54, 1.807) is 16.8 Å². The minimum Gasteiger partial charge on any atom is -0.322 e. The summed E-state index contributed by atoms with van der Waals surface area (Å²) in [6.45, 7) is 6.12. The molecule has 0 radical (unpaired) electrons. The first-order chi connectivity index (χ1) is 19.1. The van der Waals surface area contributed by atoms with Crippen molar-refractivity contribution in [2.24, 2.45) is 0 Å². The summed E-state index contributed by atoms with van der Waals surface area (Å²) in [5, 5.41) is 13.8. The van der Waals surface area contributed by atoms with Crippen molar-refractivity contribution < 1.29 is 4.39 Å². The van der Waals surface area contributed by atoms with Crippen LogP contribution < -0.4 is 5.56 Å². The van der Waals surface area contributed by atoms with Crippen molar-refractivity contribution in [2.45, 2.75) is 64.1 Å². The van der Waals surface area contributed by atoms with Gasteiger partial charge in [-0.05, 0) is 76.5 Å². The quantitative estimate of drug-likeness (QED) is 0.384. The van der Waals surface area contributed by atoms with Crippen LogP contribution in [0.5, 0.6) is 0 Å². The van der Waals surface area contributed by atoms with E-state index in [0.29, 0.717) is 24.0 Å². The number of nitrogens with one attached hydrogen (secondary N) is 1. The Bertz CT molecular complexity index is 1470. The van der Waals surface area contributed by atoms with E-state index < -0.39 is 6.04 Å². The zero-order chi connectivity index (χ0) is 26.8. The number of aromatic nitrogens is 5. The molecule has 6 rings (SSSR count). The van der Waals surface area contributed by atoms with Gasteiger partial charge < -0.3 is 4.98 Å². The van der Waals surface area contributed by atoms with Gasteiger partial charge in [-0.25, -0.2) is 9.07 Å². The van der Waals surface area contributed by atoms with Crippen molar-refractivity contribution in [3.63, 3.8) is 0 Å². The molecule has 1 aliphatic heterocycles. The number of benzene rings is 2. The van der Waals surface area contributed by atoms with E-state index in [4.69, 9.17) is 0 Å². The van der Waals surface area contributed by atoms with Crippen LogP contribution in [0.1, 0.15) is 67.6 Å². The van der Waals surface area contributed by atoms with Gasteiger partial charge in [0.05, 0.1) is 6.54 Å². The highest BCUT2D eigenvalue weighted by molar-refractivity contribution is 5.80. The molecule has 9 heteroatoms. The summed E-state index contributed by atoms with van der Waals surface area (Å²) in [6.07, 6.45) is 7.47. The fourth-order valence-electron chi connectivity index (χ4n) is 6.28. The Labute approximate surface area is 227 Å². The number of pyridine rings is 1. The second-order valence-electron chi connectivity index (χ2n) is 10.9. The second-order valence-corrected chi connectivity index (χ2v) is 10.9. The highest BCUT2D eigenvalue weighted by Gasteiger charge is 2.34. The summed E-state index contributed by atoms with van der Waals surface area (Å²) in [4.78, 5) is 21.7. The van der Waals surface area contributed by atoms with Crippen LogP contribution in [-0.4, -0.2) is 67.2 Å². The summed E-state index contributed by atoms with van der Waals surface area (Å²) < 4.78 is 15.3. The molecule has 0 bridgehead atoms. The molecule has 2 fully saturated rings. The minimum absolute atomic E-state index is 0.122. The van der Waals surface area contributed by atoms with E-state index in [2.05, 4.69) is 49.4 Å². The molecule has 1 aliphatic carbocycles. The fourth-order valence-corrected chi connectivity index (χ4v) is 6.28. The standard InChI is InChI=1S/C30H36FN7O/c1-2-21-10-13-27-23(18-21)19-26(30(39)32-27)28(37-16-14-36(15-17-37)25-6-4-3-5-7-25)29-33-34-35-38(29)20-22-8-11-24(31)12-9-22/h8-13,18-19,25,28H,2-7,14-17,20H2,1H3,(H,32,39)/t28-/m0/s1. The van der Waals surface area contributed by atoms with E-state index >= 15 is 0 Å². The van der Waals surface area contributed by atoms with Gasteiger partial charge in [0.1, 0.15) is 11.9 Å². The number of aryl methyl sites for hydroxylation is 1. The molecule has 0 unspecified atom stereocenters. The summed E-state index contributed by atoms with van der Waals surface area (Å²) >= 11 is 0. The third kappa shape index (κ3) is 5.51. The van der Waals surface area contributed by atoms with Crippen LogP contribution >= 0.6 is 0 Å². The maximum absolute atomic E-state index is 13.6. The average Bonchev–Trinajstić information content (AvgIpc) is 3.42. The molecule has 1 saturated heterocycles. The maximum atomic E-state index is 13.6. The average molecular weight is 530 g/mol. The molecule has 204 valence electrons. The highest BCUT2D eigenvalue weighted by Crippen LogP contribution is 2.30. The molecule has 0 amide bonds. The lowest BCUT2D eigenvalue weighted by atomic mass is 9.93. The lowest BCUT2D eigenvalue weighted by Gasteiger charge is -2.43. The predicted molar refractivity (Wildman–Crippen MR) is 149 cm³/mol. The van der Waals surface area contributed by atoms with Crippen LogP contribution in [0.15, 0.2) is 53.3 Å². The van der Waals surface area contributed by atoms with Gasteiger partial charge in [0.15, 0.2) is 5.82 Å². The van der Waals surface area contributed by atoms with E-state index in [1.165, 1.54) is 49.8 Å². The number of piperazine rings is 1. The van der Waals surface area contributed by atoms with E-state index in [0.717, 1.165) is 49.1 Å². The molecule has 2 aliphatic rings. The first-order valence-electron chi connectivity index (χ1n) is 14.2. The molecule has 0 spiro atoms. The fraction of sp³-hybridized carbons (Fsp3) is 0.467. The molecule has 3 heterocycles. The number of H-pyrrole nitrogens is 1. The molecule has 39 heavy (non-hydrogen) atoms. The highest BCUT2D eigenvalue weighted by atomic mass is 19.1. The Morgan fingerprint density at radius 3 is 2.46 bits per heavy atom. The zero-order valence-electron chi connectivity index (χ0n) is 22.5. The number of hydrogen-bond acceptors (Lipinski definition) is 6. The van der Waals surface area contributed by atoms with E-state index in [9.17, 15) is 9.18 Å². The number of fused-ring (bicyclic) bond motifs is 1. The van der Waals surface area contributed by atoms with E-state index in [1.807, 2.05) is 12.1 Å². The summed E-state index contributed by atoms with van der Waals surface area (Å²) in [5.74, 6) is 0.348. The summed E-state index contributed by atoms with van der Waals surface area (Å²) in [6, 6.07) is 14.9. The van der Waals surface area contributed by atoms with Crippen molar-refractivity contribution in [3.05, 3.63) is 87.2 Å². The van der Waals surface area contributed by atoms with Crippen LogP contribution in [0, 0.1) is 5.82 Å². The van der Waals surface area contributed by atoms with Crippen molar-refractivity contribution >= 4 is 10.9 Å². The third-order valence-electron chi connectivity index (χ3n) is 8.50. The van der Waals surface area contributed by atoms with Gasteiger partial charge in [0, 0.05) is 43.3 Å². The van der Waals surface area contributed by atoms with Gasteiger partial charge >= 0.3 is 0 Å². The Kier molecular flexibility index (Phi) is 7.52. The van der Waals surface area contributed by atoms with Crippen LogP contribution in [0.3, 0.4) is 0 Å². The number of halogens is 1. The van der Waals surface area contributed by atoms with Crippen LogP contribution in [0.2, 0.25) is 0 Å². The minimum atomic E-state index is -0.396. The first kappa shape index (κ1) is 25.8. The van der Waals surface area contributed by atoms with Crippen LogP contribution in [0.4, 0.5) is 4.39 Å². The predicted octanol–water partition coefficient (Wildman–Crippen LogP) is 4.30. The largest absolute Gasteiger partial charge is 0.322 e. The molecule has 8 nitrogen and oxygen atoms in total. The Morgan fingerprint density at radius 1 is 0.974 bits per heavy atom. The van der Waals surface area contributed by atoms with Crippen LogP contribution in [-0.2, 0) is 13.0 Å². The molecular formula is C30H36FN7O. The number of aromatic amines is 1. The van der Waals surface area contributed by atoms with Crippen molar-refractivity contribution in [3.8, 4) is 0 Å². The lowest BCUT2D eigenvalue weighted by molar-refractivity contribution is 0.0618. The molecule has 1 saturated carbocycles. The van der Waals surface area contributed by atoms with E-state index in [-0.39, 0.29) is 11.4 Å². The Hall–Kier alpha value is -3.43. The summed E-state index contributed by atoms with van der Waals surface area (Å²) in [5.41, 5.74) is 3.47. The van der Waals surface area contributed by atoms with Gasteiger partial charge in [0.25, 0.3) is 5.56 Å². The topological polar surface area (TPSA) is 82.9 Å². The molecule has 2 aromatic heterocycles. The number of rotatable bonds is 7. The Balaban J connectivity index is 1.37. The normalized spacial score (nSPS) is 18.5. The summed E-state index contributed by atoms with van der Waals surface area (Å²) in [7, 11) is 0. The lowest BCUT2D eigenvalue weighted by Crippen LogP contribution is -2.52. The molecule has 1 atom stereocenters. The first-order valence-corrected chi connectivity index (χ1v) is 14.2. The second kappa shape index (κ2) is 11.4. The molecular weight excluding hydrogens is 493 g/mol. The van der Waals surface area contributed by atoms with Gasteiger partial charge in [-0.3, -0.25) is 14.6 Å². The monoisotopic (exact) mass is 529 g/mol. The van der Waals surface area contributed by atoms with Crippen LogP contribution in [0.25, 0.3) is 10.9 Å². The number of tetrazole rings is 1. The maximum Gasteiger partial charge on any atom is 0.253 e. The van der Waals surface area contributed by atoms with Crippen molar-refractivity contribution in [1.82, 2.24) is 35.0 Å². The molecule has 2 aromatic carbocycles. The van der Waals surface area contributed by atoms with Gasteiger partial charge in [-0.15, -0.1) is 5.10 Å². The van der Waals surface area contributed by atoms with Gasteiger partial charge in [0.2, 0.25) is 0 Å². The van der Waals surface area contributed by atoms with Crippen molar-refractivity contribution in [1.29, 1.82) is 0 Å². The molecule has 1 N–H and O–H groups in total. The Morgan fingerprint density at radius 2 is 1.72 bits per heavy atom. The smallest absolute Gasteiger partial charge is 0.253 e. The number of hydrogen-bond donors (Lipinski definition) is 1. The van der Waals surface area contributed by atoms with Crippen molar-refractivity contribution in [2.75, 3.05) is 26.2 Å². The molecule has 4 aromatic rings. The third-order valence-corrected chi connectivity index (χ3v) is 8.50.